The van der Waals surface area contributed by atoms with E-state index in [4.69, 9.17) is 4.74 Å². The van der Waals surface area contributed by atoms with E-state index >= 15 is 0 Å². The van der Waals surface area contributed by atoms with E-state index in [-0.39, 0.29) is 6.10 Å². The van der Waals surface area contributed by atoms with Crippen LogP contribution in [0.15, 0.2) is 0 Å². The molecule has 5 heteroatoms. The standard InChI is InChI=1S/C13H15NO3S/c15-13(16)11-10(6-1-2-6)14-12(18-11)8-5-7-3-4-9(8)17-7/h6-9H,1-5H2,(H,15,16). The first kappa shape index (κ1) is 10.9. The van der Waals surface area contributed by atoms with Crippen molar-refractivity contribution in [1.82, 2.24) is 4.98 Å². The summed E-state index contributed by atoms with van der Waals surface area (Å²) in [6.07, 6.45) is 6.16. The van der Waals surface area contributed by atoms with E-state index < -0.39 is 5.97 Å². The fourth-order valence-electron chi connectivity index (χ4n) is 3.19. The lowest BCUT2D eigenvalue weighted by molar-refractivity contribution is 0.0700. The topological polar surface area (TPSA) is 59.4 Å². The van der Waals surface area contributed by atoms with Gasteiger partial charge in [0.25, 0.3) is 0 Å². The molecule has 2 aliphatic heterocycles. The van der Waals surface area contributed by atoms with Crippen LogP contribution < -0.4 is 0 Å². The smallest absolute Gasteiger partial charge is 0.347 e. The van der Waals surface area contributed by atoms with Crippen LogP contribution in [0.3, 0.4) is 0 Å². The highest BCUT2D eigenvalue weighted by molar-refractivity contribution is 7.13. The molecule has 0 amide bonds. The minimum atomic E-state index is -0.815. The number of hydrogen-bond acceptors (Lipinski definition) is 4. The number of carbonyl (C=O) groups is 1. The molecule has 1 aliphatic carbocycles. The maximum atomic E-state index is 11.3. The van der Waals surface area contributed by atoms with Crippen molar-refractivity contribution < 1.29 is 14.6 Å². The Bertz CT molecular complexity index is 508. The number of nitrogens with zero attached hydrogens (tertiary/aromatic N) is 1. The highest BCUT2D eigenvalue weighted by Crippen LogP contribution is 2.48. The zero-order valence-electron chi connectivity index (χ0n) is 9.96. The van der Waals surface area contributed by atoms with Gasteiger partial charge in [0.05, 0.1) is 22.9 Å². The first-order valence-corrected chi connectivity index (χ1v) is 7.43. The molecule has 1 saturated carbocycles. The Morgan fingerprint density at radius 2 is 2.17 bits per heavy atom. The van der Waals surface area contributed by atoms with E-state index in [1.54, 1.807) is 0 Å². The molecule has 1 aromatic heterocycles. The predicted octanol–water partition coefficient (Wildman–Crippen LogP) is 2.75. The zero-order chi connectivity index (χ0) is 12.3. The Hall–Kier alpha value is -0.940. The number of thiazole rings is 1. The van der Waals surface area contributed by atoms with Gasteiger partial charge in [-0.3, -0.25) is 0 Å². The van der Waals surface area contributed by atoms with Crippen LogP contribution >= 0.6 is 11.3 Å². The monoisotopic (exact) mass is 265 g/mol. The number of carboxylic acid groups (broad SMARTS) is 1. The first-order chi connectivity index (χ1) is 8.72. The highest BCUT2D eigenvalue weighted by Gasteiger charge is 2.44. The van der Waals surface area contributed by atoms with Gasteiger partial charge in [-0.2, -0.15) is 0 Å². The molecule has 0 aromatic carbocycles. The first-order valence-electron chi connectivity index (χ1n) is 6.61. The van der Waals surface area contributed by atoms with Crippen LogP contribution in [0.5, 0.6) is 0 Å². The van der Waals surface area contributed by atoms with Gasteiger partial charge in [-0.1, -0.05) is 0 Å². The van der Waals surface area contributed by atoms with Gasteiger partial charge in [-0.05, 0) is 32.1 Å². The van der Waals surface area contributed by atoms with Crippen LogP contribution in [-0.4, -0.2) is 28.3 Å². The van der Waals surface area contributed by atoms with Crippen molar-refractivity contribution in [2.45, 2.75) is 56.1 Å². The van der Waals surface area contributed by atoms with E-state index in [0.717, 1.165) is 42.8 Å². The highest BCUT2D eigenvalue weighted by atomic mass is 32.1. The van der Waals surface area contributed by atoms with E-state index in [9.17, 15) is 9.90 Å². The van der Waals surface area contributed by atoms with Crippen molar-refractivity contribution in [3.05, 3.63) is 15.6 Å². The van der Waals surface area contributed by atoms with Crippen LogP contribution in [0.4, 0.5) is 0 Å². The molecule has 2 saturated heterocycles. The van der Waals surface area contributed by atoms with Gasteiger partial charge in [-0.15, -0.1) is 11.3 Å². The lowest BCUT2D eigenvalue weighted by Gasteiger charge is -2.15. The Morgan fingerprint density at radius 3 is 2.72 bits per heavy atom. The molecule has 1 N–H and O–H groups in total. The molecule has 4 rings (SSSR count). The second kappa shape index (κ2) is 3.78. The molecule has 18 heavy (non-hydrogen) atoms. The molecule has 3 aliphatic rings. The number of ether oxygens (including phenoxy) is 1. The maximum absolute atomic E-state index is 11.3. The van der Waals surface area contributed by atoms with Crippen LogP contribution in [0.1, 0.15) is 64.3 Å². The van der Waals surface area contributed by atoms with Crippen LogP contribution in [-0.2, 0) is 4.74 Å². The summed E-state index contributed by atoms with van der Waals surface area (Å²) in [6.45, 7) is 0. The Morgan fingerprint density at radius 1 is 1.33 bits per heavy atom. The third-order valence-corrected chi connectivity index (χ3v) is 5.44. The van der Waals surface area contributed by atoms with Crippen molar-refractivity contribution in [3.8, 4) is 0 Å². The fraction of sp³-hybridized carbons (Fsp3) is 0.692. The predicted molar refractivity (Wildman–Crippen MR) is 66.3 cm³/mol. The maximum Gasteiger partial charge on any atom is 0.347 e. The Labute approximate surface area is 109 Å². The van der Waals surface area contributed by atoms with Gasteiger partial charge < -0.3 is 9.84 Å². The lowest BCUT2D eigenvalue weighted by Crippen LogP contribution is -2.14. The van der Waals surface area contributed by atoms with E-state index in [2.05, 4.69) is 4.98 Å². The summed E-state index contributed by atoms with van der Waals surface area (Å²) < 4.78 is 5.84. The van der Waals surface area contributed by atoms with Crippen molar-refractivity contribution in [2.24, 2.45) is 0 Å². The van der Waals surface area contributed by atoms with Crippen molar-refractivity contribution >= 4 is 17.3 Å². The second-order valence-corrected chi connectivity index (χ2v) is 6.59. The normalized spacial score (nSPS) is 34.1. The molecule has 0 radical (unpaired) electrons. The van der Waals surface area contributed by atoms with E-state index in [1.807, 2.05) is 0 Å². The Kier molecular flexibility index (Phi) is 2.29. The summed E-state index contributed by atoms with van der Waals surface area (Å²) in [4.78, 5) is 16.4. The van der Waals surface area contributed by atoms with Gasteiger partial charge in [-0.25, -0.2) is 9.78 Å². The quantitative estimate of drug-likeness (QED) is 0.913. The molecule has 2 bridgehead atoms. The van der Waals surface area contributed by atoms with Crippen LogP contribution in [0.2, 0.25) is 0 Å². The van der Waals surface area contributed by atoms with E-state index in [0.29, 0.717) is 22.8 Å². The minimum Gasteiger partial charge on any atom is -0.477 e. The Balaban J connectivity index is 1.69. The molecule has 3 fully saturated rings. The average molecular weight is 265 g/mol. The van der Waals surface area contributed by atoms with Crippen LogP contribution in [0.25, 0.3) is 0 Å². The molecule has 3 heterocycles. The summed E-state index contributed by atoms with van der Waals surface area (Å²) in [5.41, 5.74) is 0.838. The molecule has 4 nitrogen and oxygen atoms in total. The number of carboxylic acids is 1. The molecule has 3 unspecified atom stereocenters. The van der Waals surface area contributed by atoms with Crippen molar-refractivity contribution in [2.75, 3.05) is 0 Å². The third kappa shape index (κ3) is 1.61. The second-order valence-electron chi connectivity index (χ2n) is 5.56. The minimum absolute atomic E-state index is 0.287. The van der Waals surface area contributed by atoms with Crippen LogP contribution in [0, 0.1) is 0 Å². The van der Waals surface area contributed by atoms with Crippen molar-refractivity contribution in [1.29, 1.82) is 0 Å². The fourth-order valence-corrected chi connectivity index (χ4v) is 4.35. The summed E-state index contributed by atoms with van der Waals surface area (Å²) >= 11 is 1.38. The van der Waals surface area contributed by atoms with Gasteiger partial charge >= 0.3 is 5.97 Å². The van der Waals surface area contributed by atoms with Gasteiger partial charge in [0.1, 0.15) is 4.88 Å². The number of aromatic nitrogens is 1. The summed E-state index contributed by atoms with van der Waals surface area (Å²) in [5, 5.41) is 10.3. The van der Waals surface area contributed by atoms with E-state index in [1.165, 1.54) is 11.3 Å². The zero-order valence-corrected chi connectivity index (χ0v) is 10.8. The summed E-state index contributed by atoms with van der Waals surface area (Å²) in [7, 11) is 0. The van der Waals surface area contributed by atoms with Gasteiger partial charge in [0, 0.05) is 11.8 Å². The van der Waals surface area contributed by atoms with Crippen molar-refractivity contribution in [3.63, 3.8) is 0 Å². The lowest BCUT2D eigenvalue weighted by atomic mass is 9.90. The number of rotatable bonds is 3. The van der Waals surface area contributed by atoms with Gasteiger partial charge in [0.2, 0.25) is 0 Å². The molecule has 3 atom stereocenters. The summed E-state index contributed by atoms with van der Waals surface area (Å²) in [6, 6.07) is 0. The molecular formula is C13H15NO3S. The molecule has 1 aromatic rings. The largest absolute Gasteiger partial charge is 0.477 e. The number of aromatic carboxylic acids is 1. The van der Waals surface area contributed by atoms with Gasteiger partial charge in [0.15, 0.2) is 0 Å². The summed E-state index contributed by atoms with van der Waals surface area (Å²) in [5.74, 6) is -0.0651. The number of hydrogen-bond donors (Lipinski definition) is 1. The SMILES string of the molecule is O=C(O)c1sc(C2CC3CCC2O3)nc1C1CC1. The third-order valence-electron chi connectivity index (χ3n) is 4.25. The number of fused-ring (bicyclic) bond motifs is 2. The molecular weight excluding hydrogens is 250 g/mol. The molecule has 0 spiro atoms. The molecule has 96 valence electrons. The average Bonchev–Trinajstić information content (AvgIpc) is 2.82.